The summed E-state index contributed by atoms with van der Waals surface area (Å²) in [6.07, 6.45) is 9.85. The lowest BCUT2D eigenvalue weighted by molar-refractivity contribution is -0.117. The second-order valence-corrected chi connectivity index (χ2v) is 9.97. The van der Waals surface area contributed by atoms with Crippen molar-refractivity contribution in [3.63, 3.8) is 0 Å². The summed E-state index contributed by atoms with van der Waals surface area (Å²) in [4.78, 5) is 21.0. The zero-order valence-corrected chi connectivity index (χ0v) is 22.0. The third-order valence-electron chi connectivity index (χ3n) is 7.89. The van der Waals surface area contributed by atoms with Crippen molar-refractivity contribution < 1.29 is 9.18 Å². The molecule has 10 heteroatoms. The molecule has 0 atom stereocenters. The van der Waals surface area contributed by atoms with Gasteiger partial charge in [0.05, 0.1) is 28.8 Å². The Morgan fingerprint density at radius 3 is 2.58 bits per heavy atom. The van der Waals surface area contributed by atoms with Crippen LogP contribution in [0.2, 0.25) is 0 Å². The lowest BCUT2D eigenvalue weighted by Crippen LogP contribution is -2.51. The Morgan fingerprint density at radius 2 is 1.87 bits per heavy atom. The van der Waals surface area contributed by atoms with Crippen LogP contribution in [0.3, 0.4) is 0 Å². The highest BCUT2D eigenvalue weighted by molar-refractivity contribution is 6.11. The van der Waals surface area contributed by atoms with E-state index in [4.69, 9.17) is 5.73 Å². The van der Waals surface area contributed by atoms with Crippen molar-refractivity contribution >= 4 is 28.2 Å². The van der Waals surface area contributed by atoms with Crippen molar-refractivity contribution in [2.75, 3.05) is 45.2 Å². The van der Waals surface area contributed by atoms with Crippen LogP contribution in [0.1, 0.15) is 37.4 Å². The van der Waals surface area contributed by atoms with Gasteiger partial charge in [-0.2, -0.15) is 5.10 Å². The third kappa shape index (κ3) is 5.26. The van der Waals surface area contributed by atoms with E-state index in [0.29, 0.717) is 28.9 Å². The van der Waals surface area contributed by atoms with E-state index in [1.54, 1.807) is 19.3 Å². The molecule has 2 fully saturated rings. The Hall–Kier alpha value is -3.79. The highest BCUT2D eigenvalue weighted by Crippen LogP contribution is 2.34. The van der Waals surface area contributed by atoms with E-state index in [-0.39, 0.29) is 17.4 Å². The summed E-state index contributed by atoms with van der Waals surface area (Å²) in [7, 11) is 3.17. The number of nitrogens with one attached hydrogen (secondary N) is 1. The molecule has 9 nitrogen and oxygen atoms in total. The van der Waals surface area contributed by atoms with Gasteiger partial charge >= 0.3 is 0 Å². The summed E-state index contributed by atoms with van der Waals surface area (Å²) < 4.78 is 16.4. The number of halogens is 1. The number of hydrogen-bond acceptors (Lipinski definition) is 7. The molecule has 3 aromatic rings. The molecule has 3 heterocycles. The average molecular weight is 519 g/mol. The third-order valence-corrected chi connectivity index (χ3v) is 7.89. The number of carbonyl (C=O) groups is 1. The molecule has 1 saturated carbocycles. The van der Waals surface area contributed by atoms with Crippen LogP contribution in [0.5, 0.6) is 0 Å². The lowest BCUT2D eigenvalue weighted by Gasteiger charge is -2.42. The zero-order valence-electron chi connectivity index (χ0n) is 22.0. The molecular weight excluding hydrogens is 483 g/mol. The Bertz CT molecular complexity index is 1350. The van der Waals surface area contributed by atoms with Crippen LogP contribution in [0.4, 0.5) is 10.1 Å². The van der Waals surface area contributed by atoms with E-state index in [0.717, 1.165) is 63.1 Å². The van der Waals surface area contributed by atoms with E-state index in [2.05, 4.69) is 34.9 Å². The molecule has 200 valence electrons. The molecule has 2 aromatic heterocycles. The molecule has 0 spiro atoms. The SMILES string of the molecule is CN=C(/C=C(\N)C(=O)NC)c1cc(N2CCN(C3CCC(n4ccc5c(F)cccc54)CC3)CC2)cnn1. The van der Waals surface area contributed by atoms with Gasteiger partial charge in [0.2, 0.25) is 0 Å². The smallest absolute Gasteiger partial charge is 0.266 e. The van der Waals surface area contributed by atoms with Crippen molar-refractivity contribution in [3.8, 4) is 0 Å². The number of anilines is 1. The monoisotopic (exact) mass is 518 g/mol. The Morgan fingerprint density at radius 1 is 1.13 bits per heavy atom. The summed E-state index contributed by atoms with van der Waals surface area (Å²) in [5.74, 6) is -0.511. The second kappa shape index (κ2) is 11.3. The Labute approximate surface area is 222 Å². The summed E-state index contributed by atoms with van der Waals surface area (Å²) in [6, 6.07) is 10.2. The topological polar surface area (TPSA) is 105 Å². The molecule has 5 rings (SSSR count). The van der Waals surface area contributed by atoms with Gasteiger partial charge in [0.25, 0.3) is 5.91 Å². The number of carbonyl (C=O) groups excluding carboxylic acids is 1. The predicted molar refractivity (Wildman–Crippen MR) is 148 cm³/mol. The lowest BCUT2D eigenvalue weighted by atomic mass is 9.89. The highest BCUT2D eigenvalue weighted by atomic mass is 19.1. The first-order chi connectivity index (χ1) is 18.5. The fourth-order valence-corrected chi connectivity index (χ4v) is 5.78. The molecule has 0 bridgehead atoms. The van der Waals surface area contributed by atoms with Crippen LogP contribution in [0.15, 0.2) is 59.5 Å². The van der Waals surface area contributed by atoms with Gasteiger partial charge in [-0.3, -0.25) is 14.7 Å². The van der Waals surface area contributed by atoms with Crippen molar-refractivity contribution in [2.45, 2.75) is 37.8 Å². The summed E-state index contributed by atoms with van der Waals surface area (Å²) in [5, 5.41) is 11.6. The summed E-state index contributed by atoms with van der Waals surface area (Å²) >= 11 is 0. The fraction of sp³-hybridized carbons (Fsp3) is 0.429. The molecule has 1 saturated heterocycles. The first-order valence-corrected chi connectivity index (χ1v) is 13.2. The maximum atomic E-state index is 14.1. The van der Waals surface area contributed by atoms with E-state index < -0.39 is 0 Å². The van der Waals surface area contributed by atoms with Crippen LogP contribution in [-0.4, -0.2) is 77.6 Å². The van der Waals surface area contributed by atoms with Crippen LogP contribution >= 0.6 is 0 Å². The van der Waals surface area contributed by atoms with Crippen molar-refractivity contribution in [1.29, 1.82) is 0 Å². The molecule has 1 aromatic carbocycles. The number of rotatable bonds is 6. The first-order valence-electron chi connectivity index (χ1n) is 13.2. The largest absolute Gasteiger partial charge is 0.394 e. The average Bonchev–Trinajstić information content (AvgIpc) is 3.41. The van der Waals surface area contributed by atoms with Gasteiger partial charge in [0.15, 0.2) is 0 Å². The van der Waals surface area contributed by atoms with Gasteiger partial charge in [0, 0.05) is 63.9 Å². The van der Waals surface area contributed by atoms with Crippen LogP contribution < -0.4 is 16.0 Å². The molecular formula is C28H35FN8O. The molecule has 0 radical (unpaired) electrons. The number of aliphatic imine (C=N–C) groups is 1. The van der Waals surface area contributed by atoms with Crippen molar-refractivity contribution in [1.82, 2.24) is 25.0 Å². The summed E-state index contributed by atoms with van der Waals surface area (Å²) in [5.41, 5.74) is 9.00. The number of allylic oxidation sites excluding steroid dienone is 1. The molecule has 0 unspecified atom stereocenters. The number of benzene rings is 1. The molecule has 1 aliphatic heterocycles. The van der Waals surface area contributed by atoms with Crippen LogP contribution in [-0.2, 0) is 4.79 Å². The number of aromatic nitrogens is 3. The Kier molecular flexibility index (Phi) is 7.69. The van der Waals surface area contributed by atoms with Crippen LogP contribution in [0.25, 0.3) is 10.9 Å². The van der Waals surface area contributed by atoms with Gasteiger partial charge in [-0.05, 0) is 56.0 Å². The molecule has 1 amide bonds. The number of piperazine rings is 1. The van der Waals surface area contributed by atoms with Gasteiger partial charge in [-0.15, -0.1) is 5.10 Å². The minimum Gasteiger partial charge on any atom is -0.394 e. The van der Waals surface area contributed by atoms with E-state index in [1.165, 1.54) is 19.2 Å². The maximum absolute atomic E-state index is 14.1. The second-order valence-electron chi connectivity index (χ2n) is 9.97. The predicted octanol–water partition coefficient (Wildman–Crippen LogP) is 2.88. The van der Waals surface area contributed by atoms with E-state index in [1.807, 2.05) is 24.4 Å². The quantitative estimate of drug-likeness (QED) is 0.384. The number of amides is 1. The number of nitrogens with zero attached hydrogens (tertiary/aromatic N) is 6. The molecule has 38 heavy (non-hydrogen) atoms. The van der Waals surface area contributed by atoms with Crippen molar-refractivity contribution in [2.24, 2.45) is 10.7 Å². The van der Waals surface area contributed by atoms with Gasteiger partial charge < -0.3 is 20.5 Å². The molecule has 1 aliphatic carbocycles. The molecule has 3 N–H and O–H groups in total. The van der Waals surface area contributed by atoms with E-state index >= 15 is 0 Å². The normalized spacial score (nSPS) is 21.6. The first kappa shape index (κ1) is 25.8. The number of fused-ring (bicyclic) bond motifs is 1. The van der Waals surface area contributed by atoms with Crippen LogP contribution in [0, 0.1) is 5.82 Å². The standard InChI is InChI=1S/C28H35FN8O/c1-31-25(17-24(30)28(38)32-2)26-16-21(18-33-34-26)36-14-12-35(13-15-36)19-6-8-20(9-7-19)37-11-10-22-23(29)4-3-5-27(22)37/h3-5,10-11,16-20H,6-9,12-15,30H2,1-2H3,(H,32,38)/b24-17-,31-25?. The minimum atomic E-state index is -0.365. The number of hydrogen-bond donors (Lipinski definition) is 2. The number of nitrogens with two attached hydrogens (primary N) is 1. The zero-order chi connectivity index (χ0) is 26.6. The minimum absolute atomic E-state index is 0.0702. The fourth-order valence-electron chi connectivity index (χ4n) is 5.78. The van der Waals surface area contributed by atoms with Crippen molar-refractivity contribution in [3.05, 3.63) is 66.0 Å². The maximum Gasteiger partial charge on any atom is 0.266 e. The highest BCUT2D eigenvalue weighted by Gasteiger charge is 2.29. The number of likely N-dealkylation sites (N-methyl/N-ethyl adjacent to an activating group) is 1. The van der Waals surface area contributed by atoms with E-state index in [9.17, 15) is 9.18 Å². The van der Waals surface area contributed by atoms with Gasteiger partial charge in [-0.1, -0.05) is 6.07 Å². The van der Waals surface area contributed by atoms with Gasteiger partial charge in [0.1, 0.15) is 11.5 Å². The Balaban J connectivity index is 1.18. The molecule has 2 aliphatic rings. The summed E-state index contributed by atoms with van der Waals surface area (Å²) in [6.45, 7) is 3.79. The van der Waals surface area contributed by atoms with Gasteiger partial charge in [-0.25, -0.2) is 4.39 Å².